The quantitative estimate of drug-likeness (QED) is 0.247. The molecule has 0 spiro atoms. The van der Waals surface area contributed by atoms with Gasteiger partial charge in [-0.2, -0.15) is 0 Å². The largest absolute Gasteiger partial charge is 0.223 e. The molecule has 0 amide bonds. The number of benzene rings is 3. The Balaban J connectivity index is 1.64. The minimum Gasteiger partial charge on any atom is -0.216 e. The molecule has 0 unspecified atom stereocenters. The number of hydrogen-bond donors (Lipinski definition) is 0. The lowest BCUT2D eigenvalue weighted by Gasteiger charge is -2.20. The zero-order chi connectivity index (χ0) is 18.7. The molecule has 2 nitrogen and oxygen atoms in total. The third-order valence-corrected chi connectivity index (χ3v) is 8.66. The molecule has 134 valence electrons. The summed E-state index contributed by atoms with van der Waals surface area (Å²) in [5.41, 5.74) is 2.97. The number of rotatable bonds is 1. The van der Waals surface area contributed by atoms with E-state index in [2.05, 4.69) is 70.6 Å². The summed E-state index contributed by atoms with van der Waals surface area (Å²) < 4.78 is 2.29. The SMILES string of the molecule is Clc1nc(-c2cccc3c2Sc2ccccc2S3)c2sc3ccccc3c2n1. The summed E-state index contributed by atoms with van der Waals surface area (Å²) in [5, 5.41) is 1.42. The van der Waals surface area contributed by atoms with Gasteiger partial charge in [-0.3, -0.25) is 0 Å². The molecule has 1 aliphatic rings. The van der Waals surface area contributed by atoms with Crippen molar-refractivity contribution in [1.82, 2.24) is 9.97 Å². The molecule has 0 saturated carbocycles. The van der Waals surface area contributed by atoms with E-state index in [0.29, 0.717) is 0 Å². The monoisotopic (exact) mass is 434 g/mol. The fourth-order valence-corrected chi connectivity index (χ4v) is 7.18. The Labute approximate surface area is 179 Å². The van der Waals surface area contributed by atoms with Crippen molar-refractivity contribution in [3.63, 3.8) is 0 Å². The molecule has 3 heterocycles. The minimum absolute atomic E-state index is 0.289. The van der Waals surface area contributed by atoms with Crippen LogP contribution in [-0.4, -0.2) is 9.97 Å². The average molecular weight is 435 g/mol. The second-order valence-electron chi connectivity index (χ2n) is 6.40. The molecule has 3 aromatic carbocycles. The molecule has 0 fully saturated rings. The second-order valence-corrected chi connectivity index (χ2v) is 9.93. The topological polar surface area (TPSA) is 25.8 Å². The summed E-state index contributed by atoms with van der Waals surface area (Å²) in [5.74, 6) is 0. The summed E-state index contributed by atoms with van der Waals surface area (Å²) in [6.07, 6.45) is 0. The van der Waals surface area contributed by atoms with E-state index in [1.165, 1.54) is 24.3 Å². The first kappa shape index (κ1) is 16.9. The normalized spacial score (nSPS) is 12.9. The van der Waals surface area contributed by atoms with Crippen molar-refractivity contribution in [3.8, 4) is 11.3 Å². The molecule has 6 heteroatoms. The highest BCUT2D eigenvalue weighted by atomic mass is 35.5. The van der Waals surface area contributed by atoms with Crippen LogP contribution in [0.4, 0.5) is 0 Å². The van der Waals surface area contributed by atoms with Crippen LogP contribution in [0, 0.1) is 0 Å². The van der Waals surface area contributed by atoms with E-state index in [-0.39, 0.29) is 5.28 Å². The number of hydrogen-bond acceptors (Lipinski definition) is 5. The predicted molar refractivity (Wildman–Crippen MR) is 120 cm³/mol. The van der Waals surface area contributed by atoms with Gasteiger partial charge in [-0.15, -0.1) is 11.3 Å². The molecule has 0 N–H and O–H groups in total. The molecular weight excluding hydrogens is 424 g/mol. The maximum atomic E-state index is 6.37. The molecule has 6 rings (SSSR count). The number of fused-ring (bicyclic) bond motifs is 5. The standard InChI is InChI=1S/C22H11ClN2S3/c23-22-24-18-12-6-1-2-8-14(12)27-21(18)19(25-22)13-7-5-11-17-20(13)28-16-10-4-3-9-15(16)26-17/h1-11H. The van der Waals surface area contributed by atoms with E-state index in [4.69, 9.17) is 11.6 Å². The zero-order valence-corrected chi connectivity index (χ0v) is 17.6. The number of aromatic nitrogens is 2. The van der Waals surface area contributed by atoms with E-state index in [0.717, 1.165) is 26.9 Å². The van der Waals surface area contributed by atoms with Crippen LogP contribution >= 0.6 is 46.5 Å². The lowest BCUT2D eigenvalue weighted by Crippen LogP contribution is -1.95. The highest BCUT2D eigenvalue weighted by Gasteiger charge is 2.23. The minimum atomic E-state index is 0.289. The Morgan fingerprint density at radius 1 is 0.714 bits per heavy atom. The number of thiophene rings is 1. The Hall–Kier alpha value is -2.05. The Morgan fingerprint density at radius 2 is 1.46 bits per heavy atom. The van der Waals surface area contributed by atoms with Crippen LogP contribution in [0.25, 0.3) is 31.6 Å². The summed E-state index contributed by atoms with van der Waals surface area (Å²) in [6.45, 7) is 0. The van der Waals surface area contributed by atoms with E-state index in [9.17, 15) is 0 Å². The first-order valence-corrected chi connectivity index (χ1v) is 11.5. The Morgan fingerprint density at radius 3 is 2.36 bits per heavy atom. The molecule has 0 saturated heterocycles. The average Bonchev–Trinajstić information content (AvgIpc) is 3.10. The van der Waals surface area contributed by atoms with E-state index in [1.807, 2.05) is 17.8 Å². The van der Waals surface area contributed by atoms with E-state index < -0.39 is 0 Å². The number of halogens is 1. The van der Waals surface area contributed by atoms with Crippen LogP contribution in [0.1, 0.15) is 0 Å². The van der Waals surface area contributed by atoms with Gasteiger partial charge in [-0.1, -0.05) is 66.0 Å². The smallest absolute Gasteiger partial charge is 0.216 e. The van der Waals surface area contributed by atoms with Crippen molar-refractivity contribution in [3.05, 3.63) is 72.0 Å². The third kappa shape index (κ3) is 2.58. The third-order valence-electron chi connectivity index (χ3n) is 4.71. The molecule has 28 heavy (non-hydrogen) atoms. The van der Waals surface area contributed by atoms with Gasteiger partial charge in [0.15, 0.2) is 0 Å². The fourth-order valence-electron chi connectivity index (χ4n) is 3.48. The maximum Gasteiger partial charge on any atom is 0.223 e. The molecule has 2 aromatic heterocycles. The van der Waals surface area contributed by atoms with Crippen LogP contribution in [0.15, 0.2) is 86.3 Å². The zero-order valence-electron chi connectivity index (χ0n) is 14.3. The fraction of sp³-hybridized carbons (Fsp3) is 0. The van der Waals surface area contributed by atoms with E-state index >= 15 is 0 Å². The van der Waals surface area contributed by atoms with Gasteiger partial charge >= 0.3 is 0 Å². The van der Waals surface area contributed by atoms with Gasteiger partial charge in [0.1, 0.15) is 0 Å². The highest BCUT2D eigenvalue weighted by Crippen LogP contribution is 2.52. The summed E-state index contributed by atoms with van der Waals surface area (Å²) in [4.78, 5) is 14.3. The Bertz CT molecular complexity index is 1390. The van der Waals surface area contributed by atoms with Gasteiger partial charge in [0.05, 0.1) is 15.9 Å². The summed E-state index contributed by atoms with van der Waals surface area (Å²) in [7, 11) is 0. The molecule has 0 aliphatic carbocycles. The van der Waals surface area contributed by atoms with Crippen molar-refractivity contribution in [1.29, 1.82) is 0 Å². The van der Waals surface area contributed by atoms with Crippen molar-refractivity contribution in [2.24, 2.45) is 0 Å². The molecular formula is C22H11ClN2S3. The maximum absolute atomic E-state index is 6.37. The van der Waals surface area contributed by atoms with Crippen LogP contribution in [0.2, 0.25) is 5.28 Å². The lowest BCUT2D eigenvalue weighted by molar-refractivity contribution is 1.14. The Kier molecular flexibility index (Phi) is 3.91. The van der Waals surface area contributed by atoms with Crippen LogP contribution < -0.4 is 0 Å². The molecule has 0 radical (unpaired) electrons. The molecule has 1 aliphatic heterocycles. The van der Waals surface area contributed by atoms with Crippen LogP contribution in [0.3, 0.4) is 0 Å². The van der Waals surface area contributed by atoms with Gasteiger partial charge in [-0.05, 0) is 35.9 Å². The van der Waals surface area contributed by atoms with Crippen molar-refractivity contribution in [2.75, 3.05) is 0 Å². The molecule has 0 atom stereocenters. The van der Waals surface area contributed by atoms with Crippen molar-refractivity contribution < 1.29 is 0 Å². The first-order chi connectivity index (χ1) is 13.8. The van der Waals surface area contributed by atoms with Gasteiger partial charge in [0.2, 0.25) is 5.28 Å². The lowest BCUT2D eigenvalue weighted by atomic mass is 10.1. The van der Waals surface area contributed by atoms with Crippen molar-refractivity contribution >= 4 is 66.8 Å². The van der Waals surface area contributed by atoms with Crippen molar-refractivity contribution in [2.45, 2.75) is 19.6 Å². The van der Waals surface area contributed by atoms with Gasteiger partial charge in [-0.25, -0.2) is 9.97 Å². The van der Waals surface area contributed by atoms with Gasteiger partial charge < -0.3 is 0 Å². The summed E-state index contributed by atoms with van der Waals surface area (Å²) >= 11 is 11.7. The number of nitrogens with zero attached hydrogens (tertiary/aromatic N) is 2. The predicted octanol–water partition coefficient (Wildman–Crippen LogP) is 7.78. The molecule has 0 bridgehead atoms. The van der Waals surface area contributed by atoms with Gasteiger partial charge in [0, 0.05) is 35.2 Å². The summed E-state index contributed by atoms with van der Waals surface area (Å²) in [6, 6.07) is 23.3. The van der Waals surface area contributed by atoms with E-state index in [1.54, 1.807) is 23.1 Å². The van der Waals surface area contributed by atoms with Crippen LogP contribution in [0.5, 0.6) is 0 Å². The highest BCUT2D eigenvalue weighted by molar-refractivity contribution is 8.05. The second kappa shape index (κ2) is 6.49. The van der Waals surface area contributed by atoms with Crippen LogP contribution in [-0.2, 0) is 0 Å². The van der Waals surface area contributed by atoms with Gasteiger partial charge in [0.25, 0.3) is 0 Å². The first-order valence-electron chi connectivity index (χ1n) is 8.71. The molecule has 5 aromatic rings.